The highest BCUT2D eigenvalue weighted by molar-refractivity contribution is 5.28. The molecule has 0 bridgehead atoms. The molecule has 0 aromatic heterocycles. The molecule has 176 valence electrons. The van der Waals surface area contributed by atoms with E-state index in [9.17, 15) is 22.0 Å². The van der Waals surface area contributed by atoms with Gasteiger partial charge in [0.1, 0.15) is 11.5 Å². The van der Waals surface area contributed by atoms with Crippen LogP contribution in [0.3, 0.4) is 0 Å². The van der Waals surface area contributed by atoms with Crippen LogP contribution in [0.15, 0.2) is 36.4 Å². The van der Waals surface area contributed by atoms with Gasteiger partial charge in [0.15, 0.2) is 24.1 Å². The molecular formula is C25H29F5O2. The van der Waals surface area contributed by atoms with Crippen molar-refractivity contribution in [1.29, 1.82) is 0 Å². The van der Waals surface area contributed by atoms with Gasteiger partial charge in [0.25, 0.3) is 0 Å². The van der Waals surface area contributed by atoms with Crippen molar-refractivity contribution in [2.45, 2.75) is 64.4 Å². The summed E-state index contributed by atoms with van der Waals surface area (Å²) in [5.74, 6) is -3.93. The SMILES string of the molecule is CCCC1CCC(CCc2ccc(OCC(F)(F)Oc3cc(F)c(F)c(F)c3)cc2)CC1. The molecule has 32 heavy (non-hydrogen) atoms. The molecule has 0 spiro atoms. The molecular weight excluding hydrogens is 427 g/mol. The lowest BCUT2D eigenvalue weighted by Gasteiger charge is -2.28. The predicted molar refractivity (Wildman–Crippen MR) is 113 cm³/mol. The highest BCUT2D eigenvalue weighted by atomic mass is 19.3. The van der Waals surface area contributed by atoms with E-state index < -0.39 is 35.9 Å². The van der Waals surface area contributed by atoms with Crippen LogP contribution >= 0.6 is 0 Å². The number of rotatable bonds is 10. The molecule has 3 rings (SSSR count). The minimum Gasteiger partial charge on any atom is -0.483 e. The number of benzene rings is 2. The minimum atomic E-state index is -3.86. The van der Waals surface area contributed by atoms with Gasteiger partial charge in [-0.2, -0.15) is 8.78 Å². The molecule has 7 heteroatoms. The molecule has 1 saturated carbocycles. The zero-order valence-electron chi connectivity index (χ0n) is 18.2. The van der Waals surface area contributed by atoms with Gasteiger partial charge in [0.05, 0.1) is 0 Å². The van der Waals surface area contributed by atoms with Gasteiger partial charge in [-0.3, -0.25) is 0 Å². The van der Waals surface area contributed by atoms with Gasteiger partial charge in [0, 0.05) is 12.1 Å². The fourth-order valence-electron chi connectivity index (χ4n) is 4.30. The third-order valence-corrected chi connectivity index (χ3v) is 6.06. The lowest BCUT2D eigenvalue weighted by molar-refractivity contribution is -0.195. The fraction of sp³-hybridized carbons (Fsp3) is 0.520. The first-order valence-electron chi connectivity index (χ1n) is 11.2. The first-order chi connectivity index (χ1) is 15.3. The second-order valence-corrected chi connectivity index (χ2v) is 8.59. The number of ether oxygens (including phenoxy) is 2. The summed E-state index contributed by atoms with van der Waals surface area (Å²) < 4.78 is 76.5. The van der Waals surface area contributed by atoms with Crippen LogP contribution in [-0.2, 0) is 6.42 Å². The zero-order chi connectivity index (χ0) is 23.1. The average Bonchev–Trinajstić information content (AvgIpc) is 2.76. The summed E-state index contributed by atoms with van der Waals surface area (Å²) in [7, 11) is 0. The Balaban J connectivity index is 1.44. The predicted octanol–water partition coefficient (Wildman–Crippen LogP) is 7.69. The van der Waals surface area contributed by atoms with Crippen LogP contribution in [0.1, 0.15) is 57.4 Å². The van der Waals surface area contributed by atoms with E-state index in [-0.39, 0.29) is 5.75 Å². The van der Waals surface area contributed by atoms with Gasteiger partial charge >= 0.3 is 6.11 Å². The largest absolute Gasteiger partial charge is 0.483 e. The van der Waals surface area contributed by atoms with Crippen LogP contribution in [0.25, 0.3) is 0 Å². The zero-order valence-corrected chi connectivity index (χ0v) is 18.2. The summed E-state index contributed by atoms with van der Waals surface area (Å²) in [5, 5.41) is 0. The highest BCUT2D eigenvalue weighted by Gasteiger charge is 2.34. The van der Waals surface area contributed by atoms with E-state index in [0.717, 1.165) is 30.2 Å². The fourth-order valence-corrected chi connectivity index (χ4v) is 4.30. The molecule has 0 unspecified atom stereocenters. The molecule has 1 aliphatic carbocycles. The van der Waals surface area contributed by atoms with Crippen molar-refractivity contribution in [3.8, 4) is 11.5 Å². The lowest BCUT2D eigenvalue weighted by Crippen LogP contribution is -2.32. The molecule has 0 heterocycles. The van der Waals surface area contributed by atoms with Gasteiger partial charge in [-0.1, -0.05) is 57.6 Å². The maximum atomic E-state index is 14.0. The molecule has 0 amide bonds. The summed E-state index contributed by atoms with van der Waals surface area (Å²) in [6.07, 6.45) is 5.98. The van der Waals surface area contributed by atoms with Crippen LogP contribution in [-0.4, -0.2) is 12.7 Å². The normalized spacial score (nSPS) is 19.1. The quantitative estimate of drug-likeness (QED) is 0.269. The van der Waals surface area contributed by atoms with Crippen molar-refractivity contribution in [1.82, 2.24) is 0 Å². The van der Waals surface area contributed by atoms with Gasteiger partial charge in [-0.15, -0.1) is 0 Å². The van der Waals surface area contributed by atoms with Crippen molar-refractivity contribution in [2.24, 2.45) is 11.8 Å². The summed E-state index contributed by atoms with van der Waals surface area (Å²) in [4.78, 5) is 0. The summed E-state index contributed by atoms with van der Waals surface area (Å²) >= 11 is 0. The number of hydrogen-bond donors (Lipinski definition) is 0. The molecule has 0 saturated heterocycles. The van der Waals surface area contributed by atoms with E-state index in [1.54, 1.807) is 12.1 Å². The molecule has 2 aromatic carbocycles. The minimum absolute atomic E-state index is 0.230. The monoisotopic (exact) mass is 456 g/mol. The van der Waals surface area contributed by atoms with Gasteiger partial charge in [-0.05, 0) is 42.4 Å². The number of halogens is 5. The van der Waals surface area contributed by atoms with E-state index in [2.05, 4.69) is 11.7 Å². The molecule has 0 N–H and O–H groups in total. The molecule has 1 aliphatic rings. The van der Waals surface area contributed by atoms with Gasteiger partial charge in [-0.25, -0.2) is 13.2 Å². The third-order valence-electron chi connectivity index (χ3n) is 6.06. The van der Waals surface area contributed by atoms with Crippen molar-refractivity contribution >= 4 is 0 Å². The Hall–Kier alpha value is -2.31. The number of aryl methyl sites for hydroxylation is 1. The lowest BCUT2D eigenvalue weighted by atomic mass is 9.78. The van der Waals surface area contributed by atoms with E-state index in [1.807, 2.05) is 12.1 Å². The van der Waals surface area contributed by atoms with E-state index in [4.69, 9.17) is 4.74 Å². The first kappa shape index (κ1) is 24.3. The number of alkyl halides is 2. The smallest absolute Gasteiger partial charge is 0.433 e. The van der Waals surface area contributed by atoms with Crippen LogP contribution in [0, 0.1) is 29.3 Å². The Morgan fingerprint density at radius 1 is 0.844 bits per heavy atom. The first-order valence-corrected chi connectivity index (χ1v) is 11.2. The Kier molecular flexibility index (Phi) is 8.38. The Morgan fingerprint density at radius 3 is 1.97 bits per heavy atom. The van der Waals surface area contributed by atoms with Crippen molar-refractivity contribution in [3.63, 3.8) is 0 Å². The third kappa shape index (κ3) is 7.10. The summed E-state index contributed by atoms with van der Waals surface area (Å²) in [6, 6.07) is 7.64. The standard InChI is InChI=1S/C25H29F5O2/c1-2-3-17-4-6-18(7-5-17)8-9-19-10-12-20(13-11-19)31-16-25(29,30)32-21-14-22(26)24(28)23(27)15-21/h10-15,17-18H,2-9,16H2,1H3. The van der Waals surface area contributed by atoms with E-state index in [0.29, 0.717) is 12.1 Å². The van der Waals surface area contributed by atoms with Crippen LogP contribution in [0.5, 0.6) is 11.5 Å². The van der Waals surface area contributed by atoms with E-state index in [1.165, 1.54) is 38.5 Å². The molecule has 0 atom stereocenters. The molecule has 2 aromatic rings. The summed E-state index contributed by atoms with van der Waals surface area (Å²) in [6.45, 7) is 1.08. The van der Waals surface area contributed by atoms with Gasteiger partial charge < -0.3 is 9.47 Å². The van der Waals surface area contributed by atoms with E-state index >= 15 is 0 Å². The second-order valence-electron chi connectivity index (χ2n) is 8.59. The number of hydrogen-bond acceptors (Lipinski definition) is 2. The molecule has 1 fully saturated rings. The topological polar surface area (TPSA) is 18.5 Å². The van der Waals surface area contributed by atoms with Crippen LogP contribution in [0.2, 0.25) is 0 Å². The molecule has 0 radical (unpaired) electrons. The second kappa shape index (κ2) is 11.0. The van der Waals surface area contributed by atoms with Crippen molar-refractivity contribution < 1.29 is 31.4 Å². The highest BCUT2D eigenvalue weighted by Crippen LogP contribution is 2.34. The van der Waals surface area contributed by atoms with Crippen LogP contribution in [0.4, 0.5) is 22.0 Å². The molecule has 0 aliphatic heterocycles. The van der Waals surface area contributed by atoms with Crippen LogP contribution < -0.4 is 9.47 Å². The molecule has 2 nitrogen and oxygen atoms in total. The Labute approximate surface area is 185 Å². The van der Waals surface area contributed by atoms with Gasteiger partial charge in [0.2, 0.25) is 0 Å². The Bertz CT molecular complexity index is 838. The Morgan fingerprint density at radius 2 is 1.41 bits per heavy atom. The maximum Gasteiger partial charge on any atom is 0.433 e. The van der Waals surface area contributed by atoms with Crippen molar-refractivity contribution in [2.75, 3.05) is 6.61 Å². The summed E-state index contributed by atoms with van der Waals surface area (Å²) in [5.41, 5.74) is 1.12. The van der Waals surface area contributed by atoms with Crippen molar-refractivity contribution in [3.05, 3.63) is 59.4 Å². The maximum absolute atomic E-state index is 14.0. The average molecular weight is 456 g/mol.